The maximum atomic E-state index is 12.7. The van der Waals surface area contributed by atoms with Crippen molar-refractivity contribution in [1.82, 2.24) is 0 Å². The zero-order chi connectivity index (χ0) is 18.4. The molecule has 2 saturated heterocycles. The van der Waals surface area contributed by atoms with Crippen LogP contribution in [0.4, 0.5) is 0 Å². The van der Waals surface area contributed by atoms with Crippen LogP contribution in [0.5, 0.6) is 0 Å². The first-order valence-corrected chi connectivity index (χ1v) is 9.22. The van der Waals surface area contributed by atoms with E-state index in [2.05, 4.69) is 20.8 Å². The molecular formula is C20H30NO4+. The molecule has 0 radical (unpaired) electrons. The Kier molecular flexibility index (Phi) is 5.04. The number of carbonyl (C=O) groups excluding carboxylic acids is 1. The maximum Gasteiger partial charge on any atom is 0.168 e. The minimum Gasteiger partial charge on any atom is -0.387 e. The highest BCUT2D eigenvalue weighted by molar-refractivity contribution is 5.96. The highest BCUT2D eigenvalue weighted by Gasteiger charge is 2.53. The number of nitrogens with one attached hydrogen (secondary N) is 1. The van der Waals surface area contributed by atoms with E-state index in [-0.39, 0.29) is 23.3 Å². The number of rotatable bonds is 3. The third-order valence-corrected chi connectivity index (χ3v) is 5.89. The molecule has 5 heteroatoms. The summed E-state index contributed by atoms with van der Waals surface area (Å²) in [6.07, 6.45) is -0.658. The van der Waals surface area contributed by atoms with Crippen LogP contribution in [0.2, 0.25) is 0 Å². The number of piperidine rings is 1. The van der Waals surface area contributed by atoms with Crippen molar-refractivity contribution in [1.29, 1.82) is 0 Å². The van der Waals surface area contributed by atoms with E-state index in [0.29, 0.717) is 24.9 Å². The van der Waals surface area contributed by atoms with Gasteiger partial charge in [-0.05, 0) is 17.4 Å². The van der Waals surface area contributed by atoms with E-state index in [1.165, 1.54) is 5.56 Å². The van der Waals surface area contributed by atoms with Gasteiger partial charge in [0.05, 0.1) is 12.5 Å². The Bertz CT molecular complexity index is 622. The van der Waals surface area contributed by atoms with Crippen molar-refractivity contribution in [2.75, 3.05) is 6.54 Å². The molecule has 0 spiro atoms. The lowest BCUT2D eigenvalue weighted by atomic mass is 9.85. The van der Waals surface area contributed by atoms with Crippen LogP contribution >= 0.6 is 0 Å². The van der Waals surface area contributed by atoms with Crippen LogP contribution in [-0.4, -0.2) is 58.0 Å². The second kappa shape index (κ2) is 6.80. The standard InChI is InChI=1S/C20H29NO4/c1-20(2,3)13-6-4-12(5-7-13)16(23)10-14-8-9-15(22)18-19(25)17(24)11-21(14)18/h4-7,14-15,17-19,22,24-25H,8-11H2,1-3H3/p+1/t14-,15+,17+,18+,19+/m0/s1. The molecule has 2 fully saturated rings. The molecule has 0 amide bonds. The van der Waals surface area contributed by atoms with Crippen LogP contribution in [0.25, 0.3) is 0 Å². The zero-order valence-corrected chi connectivity index (χ0v) is 15.3. The number of aliphatic hydroxyl groups is 3. The molecule has 25 heavy (non-hydrogen) atoms. The number of aliphatic hydroxyl groups excluding tert-OH is 3. The first kappa shape index (κ1) is 18.5. The molecule has 2 heterocycles. The molecule has 3 rings (SSSR count). The maximum absolute atomic E-state index is 12.7. The highest BCUT2D eigenvalue weighted by Crippen LogP contribution is 2.24. The summed E-state index contributed by atoms with van der Waals surface area (Å²) in [5.74, 6) is 0.0870. The van der Waals surface area contributed by atoms with Crippen molar-refractivity contribution in [2.24, 2.45) is 0 Å². The van der Waals surface area contributed by atoms with Gasteiger partial charge in [-0.15, -0.1) is 0 Å². The van der Waals surface area contributed by atoms with Gasteiger partial charge in [0.25, 0.3) is 0 Å². The van der Waals surface area contributed by atoms with E-state index < -0.39 is 18.3 Å². The van der Waals surface area contributed by atoms with Gasteiger partial charge in [0.2, 0.25) is 0 Å². The van der Waals surface area contributed by atoms with E-state index in [1.807, 2.05) is 24.3 Å². The summed E-state index contributed by atoms with van der Waals surface area (Å²) in [5, 5.41) is 30.2. The number of Topliss-reactive ketones (excluding diaryl/α,β-unsaturated/α-hetero) is 1. The topological polar surface area (TPSA) is 82.2 Å². The summed E-state index contributed by atoms with van der Waals surface area (Å²) in [6.45, 7) is 6.82. The first-order chi connectivity index (χ1) is 11.7. The van der Waals surface area contributed by atoms with Gasteiger partial charge in [-0.25, -0.2) is 0 Å². The van der Waals surface area contributed by atoms with E-state index in [1.54, 1.807) is 0 Å². The molecule has 2 aliphatic rings. The fraction of sp³-hybridized carbons (Fsp3) is 0.650. The Hall–Kier alpha value is -1.27. The third-order valence-electron chi connectivity index (χ3n) is 5.89. The molecule has 0 aliphatic carbocycles. The molecular weight excluding hydrogens is 318 g/mol. The quantitative estimate of drug-likeness (QED) is 0.583. The molecule has 1 aromatic rings. The van der Waals surface area contributed by atoms with E-state index in [4.69, 9.17) is 0 Å². The smallest absolute Gasteiger partial charge is 0.168 e. The summed E-state index contributed by atoms with van der Waals surface area (Å²) in [7, 11) is 0. The van der Waals surface area contributed by atoms with Crippen molar-refractivity contribution in [2.45, 2.75) is 75.8 Å². The summed E-state index contributed by atoms with van der Waals surface area (Å²) in [5.41, 5.74) is 1.96. The first-order valence-electron chi connectivity index (χ1n) is 9.22. The average Bonchev–Trinajstić information content (AvgIpc) is 2.86. The highest BCUT2D eigenvalue weighted by atomic mass is 16.3. The summed E-state index contributed by atoms with van der Waals surface area (Å²) >= 11 is 0. The molecule has 0 aromatic heterocycles. The number of carbonyl (C=O) groups is 1. The number of ketones is 1. The van der Waals surface area contributed by atoms with Gasteiger partial charge in [-0.3, -0.25) is 4.79 Å². The minimum atomic E-state index is -0.908. The Morgan fingerprint density at radius 2 is 1.72 bits per heavy atom. The van der Waals surface area contributed by atoms with Gasteiger partial charge in [0.1, 0.15) is 30.9 Å². The molecule has 2 aliphatic heterocycles. The monoisotopic (exact) mass is 348 g/mol. The van der Waals surface area contributed by atoms with E-state index in [0.717, 1.165) is 11.3 Å². The SMILES string of the molecule is CC(C)(C)c1ccc(C(=O)C[C@@H]2CC[C@@H](O)[C@@H]3[C@H](O)[C@H](O)C[NH+]23)cc1. The van der Waals surface area contributed by atoms with E-state index >= 15 is 0 Å². The van der Waals surface area contributed by atoms with Gasteiger partial charge in [0.15, 0.2) is 5.78 Å². The Morgan fingerprint density at radius 3 is 2.32 bits per heavy atom. The van der Waals surface area contributed by atoms with Gasteiger partial charge in [-0.2, -0.15) is 0 Å². The Balaban J connectivity index is 1.70. The van der Waals surface area contributed by atoms with Gasteiger partial charge >= 0.3 is 0 Å². The van der Waals surface area contributed by atoms with Crippen molar-refractivity contribution in [3.8, 4) is 0 Å². The fourth-order valence-corrected chi connectivity index (χ4v) is 4.34. The molecule has 6 atom stereocenters. The minimum absolute atomic E-state index is 0.0370. The molecule has 0 saturated carbocycles. The number of hydrogen-bond donors (Lipinski definition) is 4. The van der Waals surface area contributed by atoms with Crippen LogP contribution in [-0.2, 0) is 5.41 Å². The lowest BCUT2D eigenvalue weighted by Gasteiger charge is -2.37. The van der Waals surface area contributed by atoms with Gasteiger partial charge in [0, 0.05) is 12.0 Å². The summed E-state index contributed by atoms with van der Waals surface area (Å²) in [4.78, 5) is 13.7. The van der Waals surface area contributed by atoms with Gasteiger partial charge in [-0.1, -0.05) is 45.0 Å². The average molecular weight is 348 g/mol. The number of quaternary nitrogens is 1. The molecule has 1 unspecified atom stereocenters. The molecule has 5 nitrogen and oxygen atoms in total. The number of benzene rings is 1. The third kappa shape index (κ3) is 3.65. The zero-order valence-electron chi connectivity index (χ0n) is 15.3. The van der Waals surface area contributed by atoms with Crippen LogP contribution in [0.15, 0.2) is 24.3 Å². The molecule has 138 valence electrons. The van der Waals surface area contributed by atoms with Crippen LogP contribution in [0, 0.1) is 0 Å². The van der Waals surface area contributed by atoms with Crippen molar-refractivity contribution >= 4 is 5.78 Å². The predicted molar refractivity (Wildman–Crippen MR) is 94.7 cm³/mol. The van der Waals surface area contributed by atoms with Crippen LogP contribution in [0.3, 0.4) is 0 Å². The molecule has 4 N–H and O–H groups in total. The lowest BCUT2D eigenvalue weighted by Crippen LogP contribution is -3.20. The Labute approximate surface area is 149 Å². The lowest BCUT2D eigenvalue weighted by molar-refractivity contribution is -0.948. The molecule has 1 aromatic carbocycles. The number of fused-ring (bicyclic) bond motifs is 1. The second-order valence-electron chi connectivity index (χ2n) is 8.66. The van der Waals surface area contributed by atoms with Crippen molar-refractivity contribution in [3.63, 3.8) is 0 Å². The molecule has 0 bridgehead atoms. The fourth-order valence-electron chi connectivity index (χ4n) is 4.34. The largest absolute Gasteiger partial charge is 0.387 e. The van der Waals surface area contributed by atoms with Crippen LogP contribution in [0.1, 0.15) is 56.0 Å². The summed E-state index contributed by atoms with van der Waals surface area (Å²) < 4.78 is 0. The second-order valence-corrected chi connectivity index (χ2v) is 8.66. The van der Waals surface area contributed by atoms with Crippen molar-refractivity contribution in [3.05, 3.63) is 35.4 Å². The normalized spacial score (nSPS) is 35.4. The number of hydrogen-bond acceptors (Lipinski definition) is 4. The van der Waals surface area contributed by atoms with Gasteiger partial charge < -0.3 is 20.2 Å². The van der Waals surface area contributed by atoms with Crippen molar-refractivity contribution < 1.29 is 25.0 Å². The predicted octanol–water partition coefficient (Wildman–Crippen LogP) is 0.0691. The summed E-state index contributed by atoms with van der Waals surface area (Å²) in [6, 6.07) is 7.45. The van der Waals surface area contributed by atoms with E-state index in [9.17, 15) is 20.1 Å². The van der Waals surface area contributed by atoms with Crippen LogP contribution < -0.4 is 4.90 Å². The Morgan fingerprint density at radius 1 is 1.08 bits per heavy atom.